The molecule has 0 saturated heterocycles. The lowest BCUT2D eigenvalue weighted by atomic mass is 10.0. The maximum absolute atomic E-state index is 5.54. The maximum Gasteiger partial charge on any atom is 0.217 e. The topological polar surface area (TPSA) is 60.2 Å². The van der Waals surface area contributed by atoms with Crippen LogP contribution < -0.4 is 16.0 Å². The largest absolute Gasteiger partial charge is 0.481 e. The minimum atomic E-state index is 0.179. The van der Waals surface area contributed by atoms with Crippen LogP contribution in [0.2, 0.25) is 0 Å². The lowest BCUT2D eigenvalue weighted by molar-refractivity contribution is 0.377. The SMILES string of the molecule is COc1ncccc1C(NN)C1CC1. The molecule has 0 aromatic carbocycles. The van der Waals surface area contributed by atoms with Crippen LogP contribution in [0.25, 0.3) is 0 Å². The van der Waals surface area contributed by atoms with E-state index in [2.05, 4.69) is 10.4 Å². The molecule has 1 aromatic heterocycles. The number of nitrogens with one attached hydrogen (secondary N) is 1. The van der Waals surface area contributed by atoms with E-state index in [1.807, 2.05) is 12.1 Å². The van der Waals surface area contributed by atoms with E-state index in [1.54, 1.807) is 13.3 Å². The third kappa shape index (κ3) is 1.71. The molecule has 0 spiro atoms. The number of nitrogens with two attached hydrogens (primary N) is 1. The molecule has 1 aromatic rings. The lowest BCUT2D eigenvalue weighted by Crippen LogP contribution is -2.29. The van der Waals surface area contributed by atoms with Crippen LogP contribution in [0, 0.1) is 5.92 Å². The van der Waals surface area contributed by atoms with Gasteiger partial charge in [-0.3, -0.25) is 11.3 Å². The number of hydrogen-bond donors (Lipinski definition) is 2. The van der Waals surface area contributed by atoms with Crippen molar-refractivity contribution in [3.63, 3.8) is 0 Å². The number of hydrazine groups is 1. The van der Waals surface area contributed by atoms with Crippen LogP contribution in [0.15, 0.2) is 18.3 Å². The van der Waals surface area contributed by atoms with Crippen molar-refractivity contribution in [1.29, 1.82) is 0 Å². The number of methoxy groups -OCH3 is 1. The Balaban J connectivity index is 2.27. The molecule has 0 bridgehead atoms. The normalized spacial score (nSPS) is 17.9. The van der Waals surface area contributed by atoms with Gasteiger partial charge in [-0.25, -0.2) is 4.98 Å². The molecule has 3 N–H and O–H groups in total. The van der Waals surface area contributed by atoms with Crippen LogP contribution >= 0.6 is 0 Å². The van der Waals surface area contributed by atoms with Crippen molar-refractivity contribution in [2.24, 2.45) is 11.8 Å². The molecule has 4 nitrogen and oxygen atoms in total. The molecule has 76 valence electrons. The molecule has 1 saturated carbocycles. The molecule has 0 amide bonds. The van der Waals surface area contributed by atoms with Crippen molar-refractivity contribution >= 4 is 0 Å². The molecular weight excluding hydrogens is 178 g/mol. The molecule has 1 fully saturated rings. The number of ether oxygens (including phenoxy) is 1. The van der Waals surface area contributed by atoms with Crippen molar-refractivity contribution in [2.75, 3.05) is 7.11 Å². The number of nitrogens with zero attached hydrogens (tertiary/aromatic N) is 1. The Morgan fingerprint density at radius 1 is 1.64 bits per heavy atom. The first-order valence-electron chi connectivity index (χ1n) is 4.82. The summed E-state index contributed by atoms with van der Waals surface area (Å²) >= 11 is 0. The van der Waals surface area contributed by atoms with E-state index >= 15 is 0 Å². The monoisotopic (exact) mass is 193 g/mol. The summed E-state index contributed by atoms with van der Waals surface area (Å²) in [6.07, 6.45) is 4.18. The van der Waals surface area contributed by atoms with Gasteiger partial charge in [0.15, 0.2) is 0 Å². The average Bonchev–Trinajstić information content (AvgIpc) is 3.04. The van der Waals surface area contributed by atoms with Crippen molar-refractivity contribution in [1.82, 2.24) is 10.4 Å². The standard InChI is InChI=1S/C10H15N3O/c1-14-10-8(3-2-6-12-10)9(13-11)7-4-5-7/h2-3,6-7,9,13H,4-5,11H2,1H3. The molecule has 1 heterocycles. The highest BCUT2D eigenvalue weighted by Crippen LogP contribution is 2.42. The number of hydrogen-bond acceptors (Lipinski definition) is 4. The van der Waals surface area contributed by atoms with Crippen LogP contribution in [-0.2, 0) is 0 Å². The second-order valence-electron chi connectivity index (χ2n) is 3.58. The van der Waals surface area contributed by atoms with E-state index in [0.29, 0.717) is 11.8 Å². The van der Waals surface area contributed by atoms with Gasteiger partial charge < -0.3 is 4.74 Å². The van der Waals surface area contributed by atoms with Crippen molar-refractivity contribution < 1.29 is 4.74 Å². The summed E-state index contributed by atoms with van der Waals surface area (Å²) in [5.41, 5.74) is 3.89. The Labute approximate surface area is 83.4 Å². The van der Waals surface area contributed by atoms with Crippen LogP contribution in [0.4, 0.5) is 0 Å². The molecule has 1 aliphatic carbocycles. The zero-order chi connectivity index (χ0) is 9.97. The fourth-order valence-electron chi connectivity index (χ4n) is 1.72. The summed E-state index contributed by atoms with van der Waals surface area (Å²) in [5.74, 6) is 6.84. The number of aromatic nitrogens is 1. The predicted molar refractivity (Wildman–Crippen MR) is 53.6 cm³/mol. The Morgan fingerprint density at radius 2 is 2.43 bits per heavy atom. The van der Waals surface area contributed by atoms with E-state index in [4.69, 9.17) is 10.6 Å². The molecule has 2 rings (SSSR count). The van der Waals surface area contributed by atoms with Gasteiger partial charge >= 0.3 is 0 Å². The van der Waals surface area contributed by atoms with Crippen molar-refractivity contribution in [2.45, 2.75) is 18.9 Å². The third-order valence-corrected chi connectivity index (χ3v) is 2.60. The Hall–Kier alpha value is -1.13. The van der Waals surface area contributed by atoms with Gasteiger partial charge in [0.25, 0.3) is 0 Å². The van der Waals surface area contributed by atoms with Gasteiger partial charge in [-0.1, -0.05) is 6.07 Å². The van der Waals surface area contributed by atoms with Crippen molar-refractivity contribution in [3.05, 3.63) is 23.9 Å². The minimum Gasteiger partial charge on any atom is -0.481 e. The first kappa shape index (κ1) is 9.43. The number of pyridine rings is 1. The molecule has 0 aliphatic heterocycles. The second kappa shape index (κ2) is 3.94. The van der Waals surface area contributed by atoms with Crippen molar-refractivity contribution in [3.8, 4) is 5.88 Å². The molecule has 14 heavy (non-hydrogen) atoms. The molecule has 1 atom stereocenters. The minimum absolute atomic E-state index is 0.179. The van der Waals surface area contributed by atoms with E-state index in [-0.39, 0.29) is 6.04 Å². The number of rotatable bonds is 4. The summed E-state index contributed by atoms with van der Waals surface area (Å²) < 4.78 is 5.20. The Kier molecular flexibility index (Phi) is 2.65. The summed E-state index contributed by atoms with van der Waals surface area (Å²) in [4.78, 5) is 4.16. The van der Waals surface area contributed by atoms with Crippen LogP contribution in [0.3, 0.4) is 0 Å². The fraction of sp³-hybridized carbons (Fsp3) is 0.500. The Morgan fingerprint density at radius 3 is 3.00 bits per heavy atom. The third-order valence-electron chi connectivity index (χ3n) is 2.60. The average molecular weight is 193 g/mol. The second-order valence-corrected chi connectivity index (χ2v) is 3.58. The smallest absolute Gasteiger partial charge is 0.217 e. The van der Waals surface area contributed by atoms with Gasteiger partial charge in [-0.2, -0.15) is 0 Å². The first-order chi connectivity index (χ1) is 6.86. The summed E-state index contributed by atoms with van der Waals surface area (Å²) in [7, 11) is 1.63. The van der Waals surface area contributed by atoms with Crippen LogP contribution in [0.5, 0.6) is 5.88 Å². The lowest BCUT2D eigenvalue weighted by Gasteiger charge is -2.17. The van der Waals surface area contributed by atoms with Gasteiger partial charge in [0.2, 0.25) is 5.88 Å². The van der Waals surface area contributed by atoms with E-state index < -0.39 is 0 Å². The fourth-order valence-corrected chi connectivity index (χ4v) is 1.72. The molecule has 1 aliphatic rings. The maximum atomic E-state index is 5.54. The highest BCUT2D eigenvalue weighted by Gasteiger charge is 2.33. The van der Waals surface area contributed by atoms with Gasteiger partial charge in [0.1, 0.15) is 0 Å². The predicted octanol–water partition coefficient (Wildman–Crippen LogP) is 1.00. The zero-order valence-corrected chi connectivity index (χ0v) is 8.23. The van der Waals surface area contributed by atoms with Gasteiger partial charge in [0, 0.05) is 11.8 Å². The van der Waals surface area contributed by atoms with Gasteiger partial charge in [0.05, 0.1) is 13.2 Å². The van der Waals surface area contributed by atoms with E-state index in [0.717, 1.165) is 5.56 Å². The van der Waals surface area contributed by atoms with Gasteiger partial charge in [-0.15, -0.1) is 0 Å². The molecule has 0 radical (unpaired) electrons. The van der Waals surface area contributed by atoms with Crippen LogP contribution in [0.1, 0.15) is 24.4 Å². The quantitative estimate of drug-likeness (QED) is 0.553. The zero-order valence-electron chi connectivity index (χ0n) is 8.23. The summed E-state index contributed by atoms with van der Waals surface area (Å²) in [5, 5.41) is 0. The van der Waals surface area contributed by atoms with Gasteiger partial charge in [-0.05, 0) is 24.8 Å². The first-order valence-corrected chi connectivity index (χ1v) is 4.82. The summed E-state index contributed by atoms with van der Waals surface area (Å²) in [6, 6.07) is 4.10. The highest BCUT2D eigenvalue weighted by molar-refractivity contribution is 5.30. The summed E-state index contributed by atoms with van der Waals surface area (Å²) in [6.45, 7) is 0. The molecular formula is C10H15N3O. The van der Waals surface area contributed by atoms with Crippen LogP contribution in [-0.4, -0.2) is 12.1 Å². The van der Waals surface area contributed by atoms with E-state index in [1.165, 1.54) is 12.8 Å². The Bertz CT molecular complexity index is 312. The van der Waals surface area contributed by atoms with E-state index in [9.17, 15) is 0 Å². The molecule has 4 heteroatoms. The highest BCUT2D eigenvalue weighted by atomic mass is 16.5. The molecule has 1 unspecified atom stereocenters.